The summed E-state index contributed by atoms with van der Waals surface area (Å²) in [5, 5.41) is 2.95. The second-order valence-electron chi connectivity index (χ2n) is 7.35. The maximum Gasteiger partial charge on any atom is 0.236 e. The maximum atomic E-state index is 12.5. The third-order valence-corrected chi connectivity index (χ3v) is 6.69. The molecule has 2 aromatic carbocycles. The van der Waals surface area contributed by atoms with E-state index in [1.54, 1.807) is 12.1 Å². The fraction of sp³-hybridized carbons (Fsp3) is 0.350. The topological polar surface area (TPSA) is 75.3 Å². The van der Waals surface area contributed by atoms with Crippen molar-refractivity contribution in [3.63, 3.8) is 0 Å². The molecule has 1 fully saturated rings. The Balaban J connectivity index is 1.59. The van der Waals surface area contributed by atoms with Gasteiger partial charge in [0.1, 0.15) is 0 Å². The number of nitrogens with one attached hydrogen (secondary N) is 2. The molecule has 2 N–H and O–H groups in total. The van der Waals surface area contributed by atoms with E-state index in [9.17, 15) is 13.2 Å². The molecular formula is C20H22N2O3S. The zero-order valence-electron chi connectivity index (χ0n) is 14.7. The summed E-state index contributed by atoms with van der Waals surface area (Å²) in [5.41, 5.74) is 3.60. The third kappa shape index (κ3) is 2.98. The van der Waals surface area contributed by atoms with Crippen molar-refractivity contribution in [2.24, 2.45) is 0 Å². The van der Waals surface area contributed by atoms with E-state index < -0.39 is 15.4 Å². The van der Waals surface area contributed by atoms with E-state index in [0.717, 1.165) is 48.1 Å². The number of anilines is 2. The van der Waals surface area contributed by atoms with Crippen molar-refractivity contribution in [1.29, 1.82) is 0 Å². The van der Waals surface area contributed by atoms with Gasteiger partial charge in [-0.25, -0.2) is 8.42 Å². The van der Waals surface area contributed by atoms with Crippen LogP contribution in [0.2, 0.25) is 0 Å². The van der Waals surface area contributed by atoms with E-state index in [2.05, 4.69) is 10.0 Å². The summed E-state index contributed by atoms with van der Waals surface area (Å²) in [6, 6.07) is 12.8. The zero-order valence-corrected chi connectivity index (χ0v) is 15.5. The molecule has 1 amide bonds. The average molecular weight is 370 g/mol. The van der Waals surface area contributed by atoms with Crippen LogP contribution in [0.15, 0.2) is 42.5 Å². The van der Waals surface area contributed by atoms with Crippen molar-refractivity contribution in [1.82, 2.24) is 0 Å². The van der Waals surface area contributed by atoms with E-state index in [1.165, 1.54) is 0 Å². The van der Waals surface area contributed by atoms with Crippen LogP contribution in [0.4, 0.5) is 11.4 Å². The van der Waals surface area contributed by atoms with Gasteiger partial charge in [-0.15, -0.1) is 0 Å². The minimum absolute atomic E-state index is 0.0460. The Bertz CT molecular complexity index is 959. The lowest BCUT2D eigenvalue weighted by atomic mass is 9.80. The number of sulfonamides is 1. The Hall–Kier alpha value is -2.34. The highest BCUT2D eigenvalue weighted by Gasteiger charge is 2.48. The van der Waals surface area contributed by atoms with Crippen LogP contribution in [0, 0.1) is 6.92 Å². The minimum Gasteiger partial charge on any atom is -0.325 e. The first-order valence-corrected chi connectivity index (χ1v) is 10.6. The van der Waals surface area contributed by atoms with Gasteiger partial charge in [0.25, 0.3) is 0 Å². The smallest absolute Gasteiger partial charge is 0.236 e. The number of aryl methyl sites for hydroxylation is 1. The first kappa shape index (κ1) is 17.1. The van der Waals surface area contributed by atoms with Gasteiger partial charge in [-0.3, -0.25) is 9.52 Å². The predicted octanol–water partition coefficient (Wildman–Crippen LogP) is 3.70. The molecule has 0 saturated heterocycles. The Morgan fingerprint density at radius 3 is 2.46 bits per heavy atom. The van der Waals surface area contributed by atoms with Gasteiger partial charge in [0, 0.05) is 11.4 Å². The summed E-state index contributed by atoms with van der Waals surface area (Å²) in [6.45, 7) is 1.97. The van der Waals surface area contributed by atoms with Gasteiger partial charge in [0.2, 0.25) is 15.9 Å². The number of amides is 1. The Morgan fingerprint density at radius 2 is 1.77 bits per heavy atom. The molecule has 1 spiro atoms. The van der Waals surface area contributed by atoms with Crippen LogP contribution in [-0.2, 0) is 26.0 Å². The van der Waals surface area contributed by atoms with Crippen LogP contribution in [0.3, 0.4) is 0 Å². The monoisotopic (exact) mass is 370 g/mol. The number of benzene rings is 2. The van der Waals surface area contributed by atoms with E-state index in [-0.39, 0.29) is 11.7 Å². The molecule has 1 heterocycles. The lowest BCUT2D eigenvalue weighted by Gasteiger charge is -2.21. The van der Waals surface area contributed by atoms with Gasteiger partial charge >= 0.3 is 0 Å². The molecule has 0 radical (unpaired) electrons. The first-order chi connectivity index (χ1) is 12.4. The fourth-order valence-corrected chi connectivity index (χ4v) is 5.26. The van der Waals surface area contributed by atoms with Crippen molar-refractivity contribution in [3.8, 4) is 0 Å². The minimum atomic E-state index is -3.52. The van der Waals surface area contributed by atoms with Crippen LogP contribution in [0.5, 0.6) is 0 Å². The Kier molecular flexibility index (Phi) is 4.03. The van der Waals surface area contributed by atoms with Crippen LogP contribution < -0.4 is 10.0 Å². The van der Waals surface area contributed by atoms with Crippen molar-refractivity contribution in [2.45, 2.75) is 43.8 Å². The second kappa shape index (κ2) is 6.13. The van der Waals surface area contributed by atoms with Crippen molar-refractivity contribution >= 4 is 27.3 Å². The SMILES string of the molecule is Cc1ccc(CS(=O)(=O)Nc2ccc3c(c2)C2(CCCC2)C(=O)N3)cc1. The van der Waals surface area contributed by atoms with Crippen LogP contribution in [0.25, 0.3) is 0 Å². The molecule has 4 rings (SSSR count). The number of rotatable bonds is 4. The Morgan fingerprint density at radius 1 is 1.08 bits per heavy atom. The van der Waals surface area contributed by atoms with Gasteiger partial charge in [0.05, 0.1) is 11.2 Å². The lowest BCUT2D eigenvalue weighted by Crippen LogP contribution is -2.31. The summed E-state index contributed by atoms with van der Waals surface area (Å²) in [7, 11) is -3.52. The summed E-state index contributed by atoms with van der Waals surface area (Å²) < 4.78 is 27.7. The van der Waals surface area contributed by atoms with Crippen molar-refractivity contribution in [3.05, 3.63) is 59.2 Å². The highest BCUT2D eigenvalue weighted by Crippen LogP contribution is 2.49. The molecule has 0 unspecified atom stereocenters. The highest BCUT2D eigenvalue weighted by molar-refractivity contribution is 7.91. The summed E-state index contributed by atoms with van der Waals surface area (Å²) >= 11 is 0. The van der Waals surface area contributed by atoms with E-state index in [4.69, 9.17) is 0 Å². The highest BCUT2D eigenvalue weighted by atomic mass is 32.2. The molecule has 6 heteroatoms. The van der Waals surface area contributed by atoms with Gasteiger partial charge in [0.15, 0.2) is 0 Å². The molecular weight excluding hydrogens is 348 g/mol. The maximum absolute atomic E-state index is 12.5. The molecule has 2 aromatic rings. The lowest BCUT2D eigenvalue weighted by molar-refractivity contribution is -0.120. The van der Waals surface area contributed by atoms with Crippen molar-refractivity contribution in [2.75, 3.05) is 10.0 Å². The Labute approximate surface area is 153 Å². The quantitative estimate of drug-likeness (QED) is 0.862. The zero-order chi connectivity index (χ0) is 18.4. The fourth-order valence-electron chi connectivity index (χ4n) is 4.07. The standard InChI is InChI=1S/C20H22N2O3S/c1-14-4-6-15(7-5-14)13-26(24,25)22-16-8-9-18-17(12-16)20(19(23)21-18)10-2-3-11-20/h4-9,12,22H,2-3,10-11,13H2,1H3,(H,21,23). The number of carbonyl (C=O) groups excluding carboxylic acids is 1. The molecule has 0 atom stereocenters. The normalized spacial score (nSPS) is 18.0. The molecule has 2 aliphatic rings. The molecule has 26 heavy (non-hydrogen) atoms. The predicted molar refractivity (Wildman–Crippen MR) is 103 cm³/mol. The number of carbonyl (C=O) groups is 1. The molecule has 1 saturated carbocycles. The van der Waals surface area contributed by atoms with Gasteiger partial charge in [-0.1, -0.05) is 42.7 Å². The van der Waals surface area contributed by atoms with E-state index in [0.29, 0.717) is 5.69 Å². The average Bonchev–Trinajstić information content (AvgIpc) is 3.17. The number of hydrogen-bond acceptors (Lipinski definition) is 3. The molecule has 5 nitrogen and oxygen atoms in total. The summed E-state index contributed by atoms with van der Waals surface area (Å²) in [4.78, 5) is 12.5. The van der Waals surface area contributed by atoms with Crippen LogP contribution in [-0.4, -0.2) is 14.3 Å². The third-order valence-electron chi connectivity index (χ3n) is 5.43. The molecule has 0 aromatic heterocycles. The molecule has 1 aliphatic heterocycles. The molecule has 0 bridgehead atoms. The molecule has 136 valence electrons. The van der Waals surface area contributed by atoms with Gasteiger partial charge in [-0.05, 0) is 49.1 Å². The summed E-state index contributed by atoms with van der Waals surface area (Å²) in [6.07, 6.45) is 3.70. The van der Waals surface area contributed by atoms with Gasteiger partial charge < -0.3 is 5.32 Å². The van der Waals surface area contributed by atoms with E-state index >= 15 is 0 Å². The summed E-state index contributed by atoms with van der Waals surface area (Å²) in [5.74, 6) is -0.0307. The number of hydrogen-bond donors (Lipinski definition) is 2. The van der Waals surface area contributed by atoms with Crippen molar-refractivity contribution < 1.29 is 13.2 Å². The second-order valence-corrected chi connectivity index (χ2v) is 9.07. The van der Waals surface area contributed by atoms with E-state index in [1.807, 2.05) is 37.3 Å². The van der Waals surface area contributed by atoms with Gasteiger partial charge in [-0.2, -0.15) is 0 Å². The first-order valence-electron chi connectivity index (χ1n) is 8.90. The molecule has 1 aliphatic carbocycles. The van der Waals surface area contributed by atoms with Crippen LogP contribution in [0.1, 0.15) is 42.4 Å². The number of fused-ring (bicyclic) bond motifs is 2. The van der Waals surface area contributed by atoms with Crippen LogP contribution >= 0.6 is 0 Å². The largest absolute Gasteiger partial charge is 0.325 e.